The minimum absolute atomic E-state index is 0.00301. The zero-order chi connectivity index (χ0) is 23.7. The number of aromatic nitrogens is 3. The van der Waals surface area contributed by atoms with Gasteiger partial charge in [0.2, 0.25) is 5.88 Å². The summed E-state index contributed by atoms with van der Waals surface area (Å²) >= 11 is 2.27. The molecule has 4 aliphatic rings. The van der Waals surface area contributed by atoms with Crippen LogP contribution in [0, 0.1) is 12.3 Å². The standard InChI is InChI=1S/C21H26IN7O3S2/c1-12-17(13-5-6-13)25-15-4-2-3-14(15)18(12)26-20(30)27-34(23,31)16-7-24-29-10-21(11-32-19(16)29)8-28(9-21)33-22/h7,13H,2-6,8-11H2,1H3,(H3,23,25,26,27,30,31). The first-order chi connectivity index (χ1) is 16.3. The molecule has 2 aromatic heterocycles. The lowest BCUT2D eigenvalue weighted by Gasteiger charge is -2.49. The van der Waals surface area contributed by atoms with Crippen LogP contribution in [0.4, 0.5) is 10.5 Å². The predicted molar refractivity (Wildman–Crippen MR) is 138 cm³/mol. The van der Waals surface area contributed by atoms with Crippen molar-refractivity contribution in [1.29, 1.82) is 0 Å². The van der Waals surface area contributed by atoms with Gasteiger partial charge in [0, 0.05) is 51.6 Å². The molecule has 13 heteroatoms. The number of ether oxygens (including phenoxy) is 1. The highest BCUT2D eigenvalue weighted by atomic mass is 127. The molecule has 182 valence electrons. The van der Waals surface area contributed by atoms with Crippen molar-refractivity contribution in [3.05, 3.63) is 28.7 Å². The van der Waals surface area contributed by atoms with E-state index in [1.165, 1.54) is 6.20 Å². The van der Waals surface area contributed by atoms with Crippen molar-refractivity contribution >= 4 is 52.0 Å². The van der Waals surface area contributed by atoms with Crippen LogP contribution in [-0.2, 0) is 29.3 Å². The molecule has 1 saturated carbocycles. The van der Waals surface area contributed by atoms with Gasteiger partial charge in [0.1, 0.15) is 4.90 Å². The number of nitrogens with zero attached hydrogens (tertiary/aromatic N) is 5. The second-order valence-electron chi connectivity index (χ2n) is 9.77. The number of aryl methyl sites for hydroxylation is 1. The maximum atomic E-state index is 13.4. The summed E-state index contributed by atoms with van der Waals surface area (Å²) in [6.45, 7) is 4.94. The number of halogens is 1. The van der Waals surface area contributed by atoms with Crippen molar-refractivity contribution in [2.75, 3.05) is 25.0 Å². The molecule has 0 bridgehead atoms. The fourth-order valence-electron chi connectivity index (χ4n) is 5.27. The Bertz CT molecular complexity index is 1310. The average molecular weight is 616 g/mol. The molecule has 0 aromatic carbocycles. The summed E-state index contributed by atoms with van der Waals surface area (Å²) in [6, 6.07) is -0.724. The van der Waals surface area contributed by atoms with E-state index >= 15 is 0 Å². The molecule has 2 amide bonds. The lowest BCUT2D eigenvalue weighted by Crippen LogP contribution is -2.59. The Hall–Kier alpha value is -1.42. The number of anilines is 1. The number of urea groups is 1. The van der Waals surface area contributed by atoms with Gasteiger partial charge in [0.25, 0.3) is 0 Å². The van der Waals surface area contributed by atoms with Crippen LogP contribution in [0.15, 0.2) is 15.5 Å². The van der Waals surface area contributed by atoms with E-state index < -0.39 is 15.9 Å². The summed E-state index contributed by atoms with van der Waals surface area (Å²) in [5.74, 6) is 0.807. The van der Waals surface area contributed by atoms with Crippen LogP contribution in [0.25, 0.3) is 0 Å². The second-order valence-corrected chi connectivity index (χ2v) is 13.4. The first kappa shape index (κ1) is 23.0. The number of hydrogen-bond donors (Lipinski definition) is 2. The molecular weight excluding hydrogens is 589 g/mol. The van der Waals surface area contributed by atoms with E-state index in [1.807, 2.05) is 6.92 Å². The van der Waals surface area contributed by atoms with E-state index in [1.54, 1.807) is 13.8 Å². The molecule has 1 unspecified atom stereocenters. The van der Waals surface area contributed by atoms with Crippen molar-refractivity contribution in [2.24, 2.45) is 14.9 Å². The number of carbonyl (C=O) groups excluding carboxylic acids is 1. The van der Waals surface area contributed by atoms with E-state index in [9.17, 15) is 9.00 Å². The summed E-state index contributed by atoms with van der Waals surface area (Å²) in [4.78, 5) is 18.0. The lowest BCUT2D eigenvalue weighted by atomic mass is 9.82. The minimum atomic E-state index is -3.54. The van der Waals surface area contributed by atoms with Crippen LogP contribution in [0.1, 0.15) is 47.7 Å². The minimum Gasteiger partial charge on any atom is -0.476 e. The van der Waals surface area contributed by atoms with Crippen molar-refractivity contribution in [1.82, 2.24) is 19.1 Å². The van der Waals surface area contributed by atoms with E-state index in [0.29, 0.717) is 24.9 Å². The van der Waals surface area contributed by atoms with Crippen LogP contribution in [0.5, 0.6) is 5.88 Å². The van der Waals surface area contributed by atoms with Crippen LogP contribution >= 0.6 is 30.3 Å². The fourth-order valence-corrected chi connectivity index (χ4v) is 7.76. The molecule has 3 N–H and O–H groups in total. The molecule has 0 radical (unpaired) electrons. The Morgan fingerprint density at radius 3 is 2.91 bits per heavy atom. The molecule has 4 heterocycles. The first-order valence-electron chi connectivity index (χ1n) is 11.4. The molecule has 10 nitrogen and oxygen atoms in total. The smallest absolute Gasteiger partial charge is 0.354 e. The van der Waals surface area contributed by atoms with Gasteiger partial charge < -0.3 is 10.1 Å². The lowest BCUT2D eigenvalue weighted by molar-refractivity contribution is -0.0219. The van der Waals surface area contributed by atoms with E-state index in [4.69, 9.17) is 14.9 Å². The summed E-state index contributed by atoms with van der Waals surface area (Å²) < 4.78 is 27.2. The van der Waals surface area contributed by atoms with E-state index in [0.717, 1.165) is 73.4 Å². The third-order valence-electron chi connectivity index (χ3n) is 7.12. The Kier molecular flexibility index (Phi) is 5.63. The summed E-state index contributed by atoms with van der Waals surface area (Å²) in [6.07, 6.45) is 6.46. The number of pyridine rings is 1. The maximum Gasteiger partial charge on any atom is 0.354 e. The highest BCUT2D eigenvalue weighted by Crippen LogP contribution is 2.45. The van der Waals surface area contributed by atoms with Gasteiger partial charge in [-0.25, -0.2) is 23.1 Å². The molecule has 2 fully saturated rings. The monoisotopic (exact) mass is 615 g/mol. The Labute approximate surface area is 214 Å². The number of nitrogens with two attached hydrogens (primary N) is 1. The van der Waals surface area contributed by atoms with Crippen LogP contribution in [0.3, 0.4) is 0 Å². The van der Waals surface area contributed by atoms with Gasteiger partial charge in [-0.1, -0.05) is 0 Å². The molecule has 2 aliphatic heterocycles. The van der Waals surface area contributed by atoms with Crippen LogP contribution < -0.4 is 15.2 Å². The Morgan fingerprint density at radius 2 is 2.18 bits per heavy atom. The summed E-state index contributed by atoms with van der Waals surface area (Å²) in [7, 11) is -1.86. The van der Waals surface area contributed by atoms with E-state index in [2.05, 4.69) is 40.3 Å². The zero-order valence-corrected chi connectivity index (χ0v) is 22.5. The molecule has 34 heavy (non-hydrogen) atoms. The fraction of sp³-hybridized carbons (Fsp3) is 0.571. The third kappa shape index (κ3) is 3.92. The Morgan fingerprint density at radius 1 is 1.38 bits per heavy atom. The van der Waals surface area contributed by atoms with Gasteiger partial charge in [-0.05, 0) is 59.3 Å². The van der Waals surface area contributed by atoms with Crippen molar-refractivity contribution in [2.45, 2.75) is 56.4 Å². The number of hydrogen-bond acceptors (Lipinski definition) is 7. The second kappa shape index (κ2) is 8.32. The molecule has 2 aliphatic carbocycles. The molecule has 1 spiro atoms. The van der Waals surface area contributed by atoms with Gasteiger partial charge in [-0.2, -0.15) is 5.10 Å². The van der Waals surface area contributed by atoms with Gasteiger partial charge in [0.15, 0.2) is 9.92 Å². The van der Waals surface area contributed by atoms with Crippen LogP contribution in [0.2, 0.25) is 0 Å². The van der Waals surface area contributed by atoms with Crippen molar-refractivity contribution in [3.63, 3.8) is 0 Å². The molecule has 1 atom stereocenters. The molecule has 2 aromatic rings. The number of nitrogens with one attached hydrogen (secondary N) is 1. The summed E-state index contributed by atoms with van der Waals surface area (Å²) in [5, 5.41) is 13.3. The molecule has 6 rings (SSSR count). The quantitative estimate of drug-likeness (QED) is 0.398. The number of rotatable bonds is 4. The van der Waals surface area contributed by atoms with Crippen molar-refractivity contribution in [3.8, 4) is 5.88 Å². The van der Waals surface area contributed by atoms with Crippen molar-refractivity contribution < 1.29 is 13.7 Å². The largest absolute Gasteiger partial charge is 0.476 e. The van der Waals surface area contributed by atoms with Gasteiger partial charge in [-0.15, -0.1) is 4.36 Å². The highest BCUT2D eigenvalue weighted by molar-refractivity contribution is 14.2. The Balaban J connectivity index is 1.26. The number of fused-ring (bicyclic) bond motifs is 2. The first-order valence-corrected chi connectivity index (χ1v) is 16.3. The zero-order valence-electron chi connectivity index (χ0n) is 18.8. The van der Waals surface area contributed by atoms with Crippen LogP contribution in [-0.4, -0.2) is 49.0 Å². The third-order valence-corrected chi connectivity index (χ3v) is 10.6. The topological polar surface area (TPSA) is 128 Å². The van der Waals surface area contributed by atoms with E-state index in [-0.39, 0.29) is 10.3 Å². The molecule has 1 saturated heterocycles. The maximum absolute atomic E-state index is 13.4. The number of carbonyl (C=O) groups is 1. The number of amides is 2. The van der Waals surface area contributed by atoms with Gasteiger partial charge in [0.05, 0.1) is 30.5 Å². The predicted octanol–water partition coefficient (Wildman–Crippen LogP) is 3.58. The molecular formula is C21H26IN7O3S2. The highest BCUT2D eigenvalue weighted by Gasteiger charge is 2.48. The SMILES string of the molecule is Cc1c(C2CC2)nc2c(c1NC(=O)N=S(N)(=O)c1cnn3c1OCC1(CN(SI)C1)C3)CCC2. The van der Waals surface area contributed by atoms with Gasteiger partial charge >= 0.3 is 6.03 Å². The normalized spacial score (nSPS) is 22.3. The average Bonchev–Trinajstić information content (AvgIpc) is 3.34. The van der Waals surface area contributed by atoms with Gasteiger partial charge in [-0.3, -0.25) is 4.98 Å². The summed E-state index contributed by atoms with van der Waals surface area (Å²) in [5.41, 5.74) is 4.91.